The van der Waals surface area contributed by atoms with Crippen molar-refractivity contribution in [2.24, 2.45) is 5.92 Å². The van der Waals surface area contributed by atoms with Gasteiger partial charge in [-0.25, -0.2) is 9.97 Å². The van der Waals surface area contributed by atoms with Crippen molar-refractivity contribution in [3.8, 4) is 22.9 Å². The lowest BCUT2D eigenvalue weighted by atomic mass is 9.84. The molecule has 1 unspecified atom stereocenters. The third kappa shape index (κ3) is 4.07. The van der Waals surface area contributed by atoms with E-state index in [-0.39, 0.29) is 5.92 Å². The van der Waals surface area contributed by atoms with Crippen molar-refractivity contribution in [1.29, 1.82) is 0 Å². The number of para-hydroxylation sites is 2. The van der Waals surface area contributed by atoms with E-state index in [4.69, 9.17) is 14.4 Å². The summed E-state index contributed by atoms with van der Waals surface area (Å²) in [5.74, 6) is 2.65. The molecule has 10 aromatic rings. The Morgan fingerprint density at radius 1 is 0.604 bits per heavy atom. The van der Waals surface area contributed by atoms with Crippen molar-refractivity contribution in [2.45, 2.75) is 6.42 Å². The standard InChI is InChI=1S/C48H30N4O/c1-2-13-30(14-3-1)47-49-45-38-26-31-15-4-5-16-32(31)27-43(38)53-46(45)48(50-47)52-41-25-22-29-12-6-7-17-34(29)44(41)37-24-23-33(28-42(37)52)51-39-20-10-8-18-35(39)36-19-9-11-21-40(36)51/h1-26,28,32H,27H2. The molecular formula is C48H30N4O. The minimum atomic E-state index is 0.284. The number of hydrogen-bond donors (Lipinski definition) is 0. The molecule has 0 N–H and O–H groups in total. The zero-order valence-electron chi connectivity index (χ0n) is 28.6. The van der Waals surface area contributed by atoms with Crippen LogP contribution in [-0.2, 0) is 6.42 Å². The van der Waals surface area contributed by atoms with Crippen molar-refractivity contribution in [1.82, 2.24) is 19.1 Å². The molecule has 6 aromatic carbocycles. The lowest BCUT2D eigenvalue weighted by Gasteiger charge is -2.20. The molecule has 0 fully saturated rings. The van der Waals surface area contributed by atoms with Gasteiger partial charge < -0.3 is 8.98 Å². The third-order valence-electron chi connectivity index (χ3n) is 11.2. The van der Waals surface area contributed by atoms with Crippen molar-refractivity contribution in [2.75, 3.05) is 0 Å². The van der Waals surface area contributed by atoms with Gasteiger partial charge in [-0.2, -0.15) is 0 Å². The van der Waals surface area contributed by atoms with Gasteiger partial charge >= 0.3 is 0 Å². The summed E-state index contributed by atoms with van der Waals surface area (Å²) in [5.41, 5.74) is 10.4. The van der Waals surface area contributed by atoms with E-state index in [9.17, 15) is 0 Å². The van der Waals surface area contributed by atoms with Crippen LogP contribution in [0.4, 0.5) is 0 Å². The van der Waals surface area contributed by atoms with Gasteiger partial charge in [-0.15, -0.1) is 0 Å². The summed E-state index contributed by atoms with van der Waals surface area (Å²) < 4.78 is 11.6. The van der Waals surface area contributed by atoms with Crippen LogP contribution in [0.5, 0.6) is 0 Å². The molecule has 12 rings (SSSR count). The number of allylic oxidation sites excluding steroid dienone is 5. The lowest BCUT2D eigenvalue weighted by Crippen LogP contribution is -2.10. The first-order valence-electron chi connectivity index (χ1n) is 18.2. The first kappa shape index (κ1) is 28.7. The van der Waals surface area contributed by atoms with E-state index in [0.29, 0.717) is 11.4 Å². The predicted octanol–water partition coefficient (Wildman–Crippen LogP) is 11.9. The summed E-state index contributed by atoms with van der Waals surface area (Å²) in [7, 11) is 0. The van der Waals surface area contributed by atoms with Crippen LogP contribution in [-0.4, -0.2) is 19.1 Å². The maximum absolute atomic E-state index is 6.93. The van der Waals surface area contributed by atoms with Crippen LogP contribution in [0.1, 0.15) is 11.3 Å². The highest BCUT2D eigenvalue weighted by Crippen LogP contribution is 2.43. The van der Waals surface area contributed by atoms with E-state index in [1.165, 1.54) is 43.5 Å². The molecule has 5 nitrogen and oxygen atoms in total. The fourth-order valence-electron chi connectivity index (χ4n) is 8.84. The molecule has 0 bridgehead atoms. The number of nitrogens with zero attached hydrogens (tertiary/aromatic N) is 4. The average Bonchev–Trinajstić information content (AvgIpc) is 3.87. The van der Waals surface area contributed by atoms with E-state index in [2.05, 4.69) is 155 Å². The maximum Gasteiger partial charge on any atom is 0.196 e. The molecule has 248 valence electrons. The summed E-state index contributed by atoms with van der Waals surface area (Å²) in [5, 5.41) is 7.24. The fraction of sp³-hybridized carbons (Fsp3) is 0.0417. The number of hydrogen-bond acceptors (Lipinski definition) is 3. The van der Waals surface area contributed by atoms with Crippen LogP contribution in [0.2, 0.25) is 0 Å². The Morgan fingerprint density at radius 3 is 2.19 bits per heavy atom. The van der Waals surface area contributed by atoms with Crippen LogP contribution in [0.25, 0.3) is 94.5 Å². The zero-order valence-corrected chi connectivity index (χ0v) is 28.6. The number of rotatable bonds is 3. The van der Waals surface area contributed by atoms with Crippen LogP contribution in [0.3, 0.4) is 0 Å². The minimum Gasteiger partial charge on any atom is -0.455 e. The van der Waals surface area contributed by atoms with Gasteiger partial charge in [-0.3, -0.25) is 4.57 Å². The Kier molecular flexibility index (Phi) is 5.83. The SMILES string of the molecule is C1=CC2=Cc3c(oc4c(-n5c6cc(-n7c8ccccc8c8ccccc87)ccc6c6c7ccccc7ccc65)nc(-c5ccccc5)nc34)CC2C=C1. The molecule has 0 saturated carbocycles. The molecule has 0 spiro atoms. The van der Waals surface area contributed by atoms with Gasteiger partial charge in [-0.1, -0.05) is 127 Å². The van der Waals surface area contributed by atoms with Crippen molar-refractivity contribution in [3.05, 3.63) is 175 Å². The first-order chi connectivity index (χ1) is 26.3. The lowest BCUT2D eigenvalue weighted by molar-refractivity contribution is 0.519. The normalized spacial score (nSPS) is 15.2. The van der Waals surface area contributed by atoms with E-state index in [1.54, 1.807) is 0 Å². The molecule has 0 aliphatic heterocycles. The summed E-state index contributed by atoms with van der Waals surface area (Å²) in [6, 6.07) is 47.6. The quantitative estimate of drug-likeness (QED) is 0.187. The zero-order chi connectivity index (χ0) is 34.6. The van der Waals surface area contributed by atoms with Gasteiger partial charge in [0, 0.05) is 50.7 Å². The second-order valence-electron chi connectivity index (χ2n) is 14.1. The Hall–Kier alpha value is -6.98. The summed E-state index contributed by atoms with van der Waals surface area (Å²) in [4.78, 5) is 10.7. The highest BCUT2D eigenvalue weighted by Gasteiger charge is 2.29. The van der Waals surface area contributed by atoms with Crippen molar-refractivity contribution < 1.29 is 4.42 Å². The summed E-state index contributed by atoms with van der Waals surface area (Å²) in [6.07, 6.45) is 11.8. The molecular weight excluding hydrogens is 649 g/mol. The van der Waals surface area contributed by atoms with Crippen LogP contribution in [0, 0.1) is 5.92 Å². The predicted molar refractivity (Wildman–Crippen MR) is 217 cm³/mol. The van der Waals surface area contributed by atoms with E-state index >= 15 is 0 Å². The van der Waals surface area contributed by atoms with Crippen LogP contribution >= 0.6 is 0 Å². The largest absolute Gasteiger partial charge is 0.455 e. The van der Waals surface area contributed by atoms with Crippen LogP contribution in [0.15, 0.2) is 168 Å². The number of furan rings is 1. The Balaban J connectivity index is 1.23. The van der Waals surface area contributed by atoms with Crippen LogP contribution < -0.4 is 0 Å². The maximum atomic E-state index is 6.93. The molecule has 5 heteroatoms. The average molecular weight is 679 g/mol. The van der Waals surface area contributed by atoms with E-state index in [0.717, 1.165) is 56.7 Å². The van der Waals surface area contributed by atoms with E-state index in [1.807, 2.05) is 18.2 Å². The van der Waals surface area contributed by atoms with Gasteiger partial charge in [0.15, 0.2) is 17.2 Å². The second kappa shape index (κ2) is 10.8. The van der Waals surface area contributed by atoms with E-state index < -0.39 is 0 Å². The molecule has 2 aliphatic rings. The molecule has 2 aliphatic carbocycles. The molecule has 0 saturated heterocycles. The Labute approximate surface area is 304 Å². The second-order valence-corrected chi connectivity index (χ2v) is 14.1. The van der Waals surface area contributed by atoms with Gasteiger partial charge in [0.1, 0.15) is 11.3 Å². The summed E-state index contributed by atoms with van der Waals surface area (Å²) in [6.45, 7) is 0. The van der Waals surface area contributed by atoms with Gasteiger partial charge in [0.2, 0.25) is 0 Å². The Morgan fingerprint density at radius 2 is 1.36 bits per heavy atom. The topological polar surface area (TPSA) is 48.8 Å². The van der Waals surface area contributed by atoms with Crippen molar-refractivity contribution >= 4 is 71.6 Å². The molecule has 53 heavy (non-hydrogen) atoms. The monoisotopic (exact) mass is 678 g/mol. The summed E-state index contributed by atoms with van der Waals surface area (Å²) >= 11 is 0. The molecule has 0 amide bonds. The Bertz CT molecular complexity index is 3210. The number of benzene rings is 6. The molecule has 0 radical (unpaired) electrons. The highest BCUT2D eigenvalue weighted by atomic mass is 16.3. The first-order valence-corrected chi connectivity index (χ1v) is 18.2. The number of fused-ring (bicyclic) bond motifs is 12. The van der Waals surface area contributed by atoms with Gasteiger partial charge in [0.25, 0.3) is 0 Å². The minimum absolute atomic E-state index is 0.284. The smallest absolute Gasteiger partial charge is 0.196 e. The molecule has 4 heterocycles. The highest BCUT2D eigenvalue weighted by molar-refractivity contribution is 6.22. The fourth-order valence-corrected chi connectivity index (χ4v) is 8.84. The van der Waals surface area contributed by atoms with Gasteiger partial charge in [-0.05, 0) is 52.8 Å². The van der Waals surface area contributed by atoms with Crippen molar-refractivity contribution in [3.63, 3.8) is 0 Å². The molecule has 4 aromatic heterocycles. The number of aromatic nitrogens is 4. The third-order valence-corrected chi connectivity index (χ3v) is 11.2. The molecule has 1 atom stereocenters. The van der Waals surface area contributed by atoms with Gasteiger partial charge in [0.05, 0.1) is 22.1 Å².